The van der Waals surface area contributed by atoms with Crippen molar-refractivity contribution < 1.29 is 4.79 Å². The standard InChI is InChI=1S/C14H23N5O/c1-13(2,3)12-17-9(15)7-10(18-12)19-6-5-14(4,8-19)11(16)20/h7H,5-6,8H2,1-4H3,(H2,16,20)(H2,15,17,18). The van der Waals surface area contributed by atoms with Crippen molar-refractivity contribution in [1.82, 2.24) is 9.97 Å². The maximum Gasteiger partial charge on any atom is 0.225 e. The van der Waals surface area contributed by atoms with Crippen molar-refractivity contribution in [2.45, 2.75) is 39.5 Å². The summed E-state index contributed by atoms with van der Waals surface area (Å²) in [7, 11) is 0. The summed E-state index contributed by atoms with van der Waals surface area (Å²) in [6, 6.07) is 1.75. The van der Waals surface area contributed by atoms with Crippen LogP contribution < -0.4 is 16.4 Å². The van der Waals surface area contributed by atoms with E-state index in [0.717, 1.165) is 18.8 Å². The lowest BCUT2D eigenvalue weighted by atomic mass is 9.89. The highest BCUT2D eigenvalue weighted by atomic mass is 16.1. The van der Waals surface area contributed by atoms with E-state index in [4.69, 9.17) is 11.5 Å². The van der Waals surface area contributed by atoms with E-state index in [2.05, 4.69) is 14.9 Å². The van der Waals surface area contributed by atoms with Gasteiger partial charge in [0.05, 0.1) is 5.41 Å². The van der Waals surface area contributed by atoms with Crippen LogP contribution in [-0.4, -0.2) is 29.0 Å². The second-order valence-electron chi connectivity index (χ2n) is 6.82. The molecule has 0 saturated carbocycles. The normalized spacial score (nSPS) is 23.1. The van der Waals surface area contributed by atoms with E-state index in [-0.39, 0.29) is 11.3 Å². The number of anilines is 2. The number of nitrogen functional groups attached to an aromatic ring is 1. The van der Waals surface area contributed by atoms with Crippen molar-refractivity contribution >= 4 is 17.5 Å². The number of rotatable bonds is 2. The third kappa shape index (κ3) is 2.69. The summed E-state index contributed by atoms with van der Waals surface area (Å²) >= 11 is 0. The molecule has 1 unspecified atom stereocenters. The number of amides is 1. The molecular formula is C14H23N5O. The van der Waals surface area contributed by atoms with Gasteiger partial charge < -0.3 is 16.4 Å². The van der Waals surface area contributed by atoms with Gasteiger partial charge in [-0.25, -0.2) is 9.97 Å². The third-order valence-electron chi connectivity index (χ3n) is 3.80. The molecule has 20 heavy (non-hydrogen) atoms. The van der Waals surface area contributed by atoms with Gasteiger partial charge in [0.25, 0.3) is 0 Å². The number of carbonyl (C=O) groups excluding carboxylic acids is 1. The van der Waals surface area contributed by atoms with Crippen molar-refractivity contribution in [2.24, 2.45) is 11.1 Å². The predicted octanol–water partition coefficient (Wildman–Crippen LogP) is 1.06. The van der Waals surface area contributed by atoms with E-state index in [0.29, 0.717) is 18.2 Å². The molecule has 1 amide bonds. The molecule has 1 aromatic heterocycles. The Bertz CT molecular complexity index is 537. The number of nitrogens with zero attached hydrogens (tertiary/aromatic N) is 3. The lowest BCUT2D eigenvalue weighted by Crippen LogP contribution is -2.37. The van der Waals surface area contributed by atoms with Gasteiger partial charge in [-0.3, -0.25) is 4.79 Å². The Balaban J connectivity index is 2.31. The fourth-order valence-corrected chi connectivity index (χ4v) is 2.31. The first-order chi connectivity index (χ1) is 9.12. The molecule has 0 spiro atoms. The van der Waals surface area contributed by atoms with Crippen LogP contribution in [-0.2, 0) is 10.2 Å². The smallest absolute Gasteiger partial charge is 0.225 e. The van der Waals surface area contributed by atoms with E-state index < -0.39 is 5.41 Å². The molecule has 110 valence electrons. The Morgan fingerprint density at radius 2 is 2.05 bits per heavy atom. The second kappa shape index (κ2) is 4.61. The summed E-state index contributed by atoms with van der Waals surface area (Å²) < 4.78 is 0. The van der Waals surface area contributed by atoms with Gasteiger partial charge >= 0.3 is 0 Å². The molecule has 0 aromatic carbocycles. The molecule has 6 heteroatoms. The predicted molar refractivity (Wildman–Crippen MR) is 79.3 cm³/mol. The zero-order chi connectivity index (χ0) is 15.1. The zero-order valence-electron chi connectivity index (χ0n) is 12.6. The SMILES string of the molecule is CC1(C(N)=O)CCN(c2cc(N)nc(C(C)(C)C)n2)C1. The minimum absolute atomic E-state index is 0.170. The Labute approximate surface area is 119 Å². The van der Waals surface area contributed by atoms with Crippen molar-refractivity contribution in [3.8, 4) is 0 Å². The molecular weight excluding hydrogens is 254 g/mol. The second-order valence-corrected chi connectivity index (χ2v) is 6.82. The molecule has 0 radical (unpaired) electrons. The lowest BCUT2D eigenvalue weighted by Gasteiger charge is -2.24. The molecule has 1 fully saturated rings. The molecule has 6 nitrogen and oxygen atoms in total. The average Bonchev–Trinajstić information content (AvgIpc) is 2.71. The summed E-state index contributed by atoms with van der Waals surface area (Å²) in [4.78, 5) is 22.5. The van der Waals surface area contributed by atoms with Crippen LogP contribution in [0.5, 0.6) is 0 Å². The van der Waals surface area contributed by atoms with Crippen molar-refractivity contribution in [1.29, 1.82) is 0 Å². The van der Waals surface area contributed by atoms with Gasteiger partial charge in [0.15, 0.2) is 0 Å². The molecule has 1 aliphatic rings. The quantitative estimate of drug-likeness (QED) is 0.842. The van der Waals surface area contributed by atoms with E-state index in [9.17, 15) is 4.79 Å². The first-order valence-corrected chi connectivity index (χ1v) is 6.82. The van der Waals surface area contributed by atoms with Gasteiger partial charge in [0, 0.05) is 24.6 Å². The van der Waals surface area contributed by atoms with Gasteiger partial charge in [-0.05, 0) is 13.3 Å². The Kier molecular flexibility index (Phi) is 3.36. The van der Waals surface area contributed by atoms with Crippen molar-refractivity contribution in [3.05, 3.63) is 11.9 Å². The Morgan fingerprint density at radius 3 is 2.55 bits per heavy atom. The van der Waals surface area contributed by atoms with Crippen LogP contribution in [0, 0.1) is 5.41 Å². The first-order valence-electron chi connectivity index (χ1n) is 6.82. The number of hydrogen-bond acceptors (Lipinski definition) is 5. The number of aromatic nitrogens is 2. The van der Waals surface area contributed by atoms with Crippen LogP contribution in [0.15, 0.2) is 6.07 Å². The highest BCUT2D eigenvalue weighted by Crippen LogP contribution is 2.33. The van der Waals surface area contributed by atoms with E-state index in [1.807, 2.05) is 27.7 Å². The van der Waals surface area contributed by atoms with Crippen molar-refractivity contribution in [3.63, 3.8) is 0 Å². The Morgan fingerprint density at radius 1 is 1.40 bits per heavy atom. The largest absolute Gasteiger partial charge is 0.384 e. The average molecular weight is 277 g/mol. The van der Waals surface area contributed by atoms with Crippen LogP contribution >= 0.6 is 0 Å². The molecule has 2 heterocycles. The summed E-state index contributed by atoms with van der Waals surface area (Å²) in [6.45, 7) is 9.35. The number of carbonyl (C=O) groups is 1. The summed E-state index contributed by atoms with van der Waals surface area (Å²) in [5.74, 6) is 1.67. The van der Waals surface area contributed by atoms with Crippen LogP contribution in [0.25, 0.3) is 0 Å². The number of hydrogen-bond donors (Lipinski definition) is 2. The third-order valence-corrected chi connectivity index (χ3v) is 3.80. The molecule has 1 aliphatic heterocycles. The topological polar surface area (TPSA) is 98.1 Å². The van der Waals surface area contributed by atoms with Gasteiger partial charge in [-0.2, -0.15) is 0 Å². The molecule has 1 saturated heterocycles. The highest BCUT2D eigenvalue weighted by molar-refractivity contribution is 5.82. The van der Waals surface area contributed by atoms with Crippen LogP contribution in [0.3, 0.4) is 0 Å². The molecule has 1 aromatic rings. The van der Waals surface area contributed by atoms with Gasteiger partial charge in [-0.1, -0.05) is 20.8 Å². The fraction of sp³-hybridized carbons (Fsp3) is 0.643. The molecule has 0 aliphatic carbocycles. The van der Waals surface area contributed by atoms with E-state index >= 15 is 0 Å². The van der Waals surface area contributed by atoms with Crippen LogP contribution in [0.2, 0.25) is 0 Å². The van der Waals surface area contributed by atoms with E-state index in [1.54, 1.807) is 6.07 Å². The summed E-state index contributed by atoms with van der Waals surface area (Å²) in [5.41, 5.74) is 10.7. The van der Waals surface area contributed by atoms with Crippen LogP contribution in [0.4, 0.5) is 11.6 Å². The Hall–Kier alpha value is -1.85. The monoisotopic (exact) mass is 277 g/mol. The number of nitrogens with two attached hydrogens (primary N) is 2. The molecule has 0 bridgehead atoms. The summed E-state index contributed by atoms with van der Waals surface area (Å²) in [5, 5.41) is 0. The highest BCUT2D eigenvalue weighted by Gasteiger charge is 2.39. The minimum atomic E-state index is -0.498. The van der Waals surface area contributed by atoms with Gasteiger partial charge in [-0.15, -0.1) is 0 Å². The van der Waals surface area contributed by atoms with E-state index in [1.165, 1.54) is 0 Å². The summed E-state index contributed by atoms with van der Waals surface area (Å²) in [6.07, 6.45) is 0.733. The van der Waals surface area contributed by atoms with Gasteiger partial charge in [0.2, 0.25) is 5.91 Å². The maximum absolute atomic E-state index is 11.5. The molecule has 1 atom stereocenters. The molecule has 2 rings (SSSR count). The minimum Gasteiger partial charge on any atom is -0.384 e. The lowest BCUT2D eigenvalue weighted by molar-refractivity contribution is -0.125. The van der Waals surface area contributed by atoms with Crippen LogP contribution in [0.1, 0.15) is 39.9 Å². The fourth-order valence-electron chi connectivity index (χ4n) is 2.31. The first kappa shape index (κ1) is 14.6. The molecule has 4 N–H and O–H groups in total. The van der Waals surface area contributed by atoms with Crippen molar-refractivity contribution in [2.75, 3.05) is 23.7 Å². The maximum atomic E-state index is 11.5. The van der Waals surface area contributed by atoms with Gasteiger partial charge in [0.1, 0.15) is 17.5 Å². The zero-order valence-corrected chi connectivity index (χ0v) is 12.6. The number of primary amides is 1.